The minimum Gasteiger partial charge on any atom is -0.485 e. The van der Waals surface area contributed by atoms with Crippen molar-refractivity contribution >= 4 is 11.8 Å². The van der Waals surface area contributed by atoms with E-state index in [0.717, 1.165) is 5.56 Å². The van der Waals surface area contributed by atoms with Crippen LogP contribution in [0.15, 0.2) is 48.5 Å². The summed E-state index contributed by atoms with van der Waals surface area (Å²) >= 11 is 0. The highest BCUT2D eigenvalue weighted by molar-refractivity contribution is 6.00. The number of ether oxygens (including phenoxy) is 1. The number of amides is 2. The Labute approximate surface area is 168 Å². The molecule has 2 aromatic rings. The van der Waals surface area contributed by atoms with Crippen LogP contribution in [-0.4, -0.2) is 58.6 Å². The van der Waals surface area contributed by atoms with Crippen molar-refractivity contribution in [2.75, 3.05) is 19.6 Å². The van der Waals surface area contributed by atoms with Crippen molar-refractivity contribution < 1.29 is 23.8 Å². The molecule has 0 radical (unpaired) electrons. The fraction of sp³-hybridized carbons (Fsp3) is 0.364. The van der Waals surface area contributed by atoms with Gasteiger partial charge in [-0.1, -0.05) is 30.3 Å². The lowest BCUT2D eigenvalue weighted by Gasteiger charge is -2.24. The average molecular weight is 398 g/mol. The van der Waals surface area contributed by atoms with Gasteiger partial charge >= 0.3 is 0 Å². The number of nitrogens with zero attached hydrogens (tertiary/aromatic N) is 2. The molecule has 0 aliphatic carbocycles. The summed E-state index contributed by atoms with van der Waals surface area (Å²) in [6.07, 6.45) is -0.679. The summed E-state index contributed by atoms with van der Waals surface area (Å²) in [7, 11) is 0. The Hall–Kier alpha value is -2.93. The lowest BCUT2D eigenvalue weighted by atomic mass is 10.1. The van der Waals surface area contributed by atoms with Crippen LogP contribution in [0.2, 0.25) is 0 Å². The molecule has 0 aromatic heterocycles. The summed E-state index contributed by atoms with van der Waals surface area (Å²) in [5.41, 5.74) is 1.57. The molecule has 29 heavy (non-hydrogen) atoms. The van der Waals surface area contributed by atoms with Gasteiger partial charge in [0.2, 0.25) is 5.91 Å². The highest BCUT2D eigenvalue weighted by Gasteiger charge is 2.32. The molecule has 2 amide bonds. The van der Waals surface area contributed by atoms with Crippen LogP contribution in [0.5, 0.6) is 5.75 Å². The molecular formula is C22H23FN2O4. The number of para-hydroxylation sites is 1. The predicted molar refractivity (Wildman–Crippen MR) is 104 cm³/mol. The molecule has 6 nitrogen and oxygen atoms in total. The van der Waals surface area contributed by atoms with Gasteiger partial charge in [0.25, 0.3) is 5.91 Å². The van der Waals surface area contributed by atoms with E-state index in [1.807, 2.05) is 18.2 Å². The fourth-order valence-corrected chi connectivity index (χ4v) is 3.86. The van der Waals surface area contributed by atoms with Crippen LogP contribution in [0.1, 0.15) is 28.8 Å². The van der Waals surface area contributed by atoms with E-state index in [9.17, 15) is 19.1 Å². The van der Waals surface area contributed by atoms with Gasteiger partial charge in [-0.3, -0.25) is 9.59 Å². The molecule has 2 aliphatic rings. The number of rotatable bonds is 4. The van der Waals surface area contributed by atoms with E-state index < -0.39 is 18.0 Å². The molecule has 7 heteroatoms. The number of halogens is 1. The third-order valence-electron chi connectivity index (χ3n) is 5.50. The molecule has 4 rings (SSSR count). The number of likely N-dealkylation sites (tertiary alicyclic amines) is 1. The molecule has 2 aliphatic heterocycles. The van der Waals surface area contributed by atoms with Gasteiger partial charge in [-0.25, -0.2) is 4.39 Å². The predicted octanol–water partition coefficient (Wildman–Crippen LogP) is 2.21. The van der Waals surface area contributed by atoms with E-state index in [0.29, 0.717) is 38.0 Å². The Morgan fingerprint density at radius 3 is 2.62 bits per heavy atom. The number of carbonyl (C=O) groups excluding carboxylic acids is 2. The first kappa shape index (κ1) is 19.4. The Bertz CT molecular complexity index is 919. The van der Waals surface area contributed by atoms with Crippen LogP contribution < -0.4 is 4.74 Å². The molecule has 2 atom stereocenters. The number of aliphatic hydroxyl groups is 1. The summed E-state index contributed by atoms with van der Waals surface area (Å²) in [6.45, 7) is 1.18. The number of hydrogen-bond acceptors (Lipinski definition) is 4. The minimum atomic E-state index is -0.801. The van der Waals surface area contributed by atoms with Crippen LogP contribution in [-0.2, 0) is 11.3 Å². The summed E-state index contributed by atoms with van der Waals surface area (Å²) < 4.78 is 19.5. The normalized spacial score (nSPS) is 21.7. The van der Waals surface area contributed by atoms with Crippen LogP contribution >= 0.6 is 0 Å². The van der Waals surface area contributed by atoms with Gasteiger partial charge in [-0.15, -0.1) is 0 Å². The van der Waals surface area contributed by atoms with Gasteiger partial charge in [0.15, 0.2) is 11.6 Å². The number of fused-ring (bicyclic) bond motifs is 1. The van der Waals surface area contributed by atoms with E-state index in [2.05, 4.69) is 0 Å². The van der Waals surface area contributed by atoms with Crippen LogP contribution in [0.25, 0.3) is 0 Å². The number of benzene rings is 2. The Morgan fingerprint density at radius 1 is 1.10 bits per heavy atom. The lowest BCUT2D eigenvalue weighted by molar-refractivity contribution is -0.132. The first-order valence-corrected chi connectivity index (χ1v) is 9.77. The Morgan fingerprint density at radius 2 is 1.83 bits per heavy atom. The zero-order valence-electron chi connectivity index (χ0n) is 16.0. The lowest BCUT2D eigenvalue weighted by Crippen LogP contribution is -2.41. The smallest absolute Gasteiger partial charge is 0.254 e. The Balaban J connectivity index is 1.36. The van der Waals surface area contributed by atoms with Crippen LogP contribution in [0.3, 0.4) is 0 Å². The molecule has 152 valence electrons. The summed E-state index contributed by atoms with van der Waals surface area (Å²) in [5.74, 6) is -0.685. The van der Waals surface area contributed by atoms with Crippen molar-refractivity contribution in [3.05, 3.63) is 65.5 Å². The molecule has 0 saturated carbocycles. The van der Waals surface area contributed by atoms with Crippen molar-refractivity contribution in [2.45, 2.75) is 31.6 Å². The standard InChI is InChI=1S/C22H23FN2O4/c23-17-7-3-4-8-19(17)29-20-10-12-24(11-9-18(20)26)21(27)14-25-13-15-5-1-2-6-16(15)22(25)28/h1-8,18,20,26H,9-14H2/t18-,20-/m0/s1. The molecule has 2 heterocycles. The topological polar surface area (TPSA) is 70.1 Å². The molecule has 0 unspecified atom stereocenters. The number of carbonyl (C=O) groups is 2. The Kier molecular flexibility index (Phi) is 5.49. The summed E-state index contributed by atoms with van der Waals surface area (Å²) in [4.78, 5) is 28.4. The van der Waals surface area contributed by atoms with Gasteiger partial charge in [0.1, 0.15) is 12.6 Å². The second-order valence-corrected chi connectivity index (χ2v) is 7.43. The van der Waals surface area contributed by atoms with Crippen molar-refractivity contribution in [2.24, 2.45) is 0 Å². The highest BCUT2D eigenvalue weighted by Crippen LogP contribution is 2.24. The zero-order chi connectivity index (χ0) is 20.4. The molecule has 2 aromatic carbocycles. The maximum Gasteiger partial charge on any atom is 0.254 e. The van der Waals surface area contributed by atoms with Gasteiger partial charge in [-0.2, -0.15) is 0 Å². The molecule has 0 bridgehead atoms. The van der Waals surface area contributed by atoms with Crippen LogP contribution in [0, 0.1) is 5.82 Å². The van der Waals surface area contributed by atoms with Crippen molar-refractivity contribution in [1.82, 2.24) is 9.80 Å². The molecule has 0 spiro atoms. The second-order valence-electron chi connectivity index (χ2n) is 7.43. The monoisotopic (exact) mass is 398 g/mol. The summed E-state index contributed by atoms with van der Waals surface area (Å²) in [5, 5.41) is 10.4. The molecule has 1 saturated heterocycles. The minimum absolute atomic E-state index is 0.00243. The third-order valence-corrected chi connectivity index (χ3v) is 5.50. The van der Waals surface area contributed by atoms with E-state index in [1.54, 1.807) is 28.0 Å². The first-order valence-electron chi connectivity index (χ1n) is 9.77. The van der Waals surface area contributed by atoms with Gasteiger partial charge in [0.05, 0.1) is 6.10 Å². The first-order chi connectivity index (χ1) is 14.0. The second kappa shape index (κ2) is 8.21. The quantitative estimate of drug-likeness (QED) is 0.857. The average Bonchev–Trinajstić information content (AvgIpc) is 2.91. The third kappa shape index (κ3) is 4.10. The van der Waals surface area contributed by atoms with E-state index in [4.69, 9.17) is 4.74 Å². The zero-order valence-corrected chi connectivity index (χ0v) is 16.0. The van der Waals surface area contributed by atoms with Gasteiger partial charge < -0.3 is 19.6 Å². The molecular weight excluding hydrogens is 375 g/mol. The van der Waals surface area contributed by atoms with E-state index >= 15 is 0 Å². The highest BCUT2D eigenvalue weighted by atomic mass is 19.1. The maximum atomic E-state index is 13.8. The largest absolute Gasteiger partial charge is 0.485 e. The van der Waals surface area contributed by atoms with Crippen molar-refractivity contribution in [1.29, 1.82) is 0 Å². The number of aliphatic hydroxyl groups excluding tert-OH is 1. The molecule has 1 N–H and O–H groups in total. The van der Waals surface area contributed by atoms with Crippen LogP contribution in [0.4, 0.5) is 4.39 Å². The number of hydrogen-bond donors (Lipinski definition) is 1. The SMILES string of the molecule is O=C(CN1Cc2ccccc2C1=O)N1CC[C@H](Oc2ccccc2F)[C@@H](O)CC1. The van der Waals surface area contributed by atoms with Gasteiger partial charge in [-0.05, 0) is 30.2 Å². The van der Waals surface area contributed by atoms with E-state index in [1.165, 1.54) is 12.1 Å². The summed E-state index contributed by atoms with van der Waals surface area (Å²) in [6, 6.07) is 13.4. The van der Waals surface area contributed by atoms with Crippen molar-refractivity contribution in [3.8, 4) is 5.75 Å². The van der Waals surface area contributed by atoms with Gasteiger partial charge in [0, 0.05) is 31.6 Å². The maximum absolute atomic E-state index is 13.8. The van der Waals surface area contributed by atoms with Crippen molar-refractivity contribution in [3.63, 3.8) is 0 Å². The van der Waals surface area contributed by atoms with E-state index in [-0.39, 0.29) is 24.1 Å². The molecule has 1 fully saturated rings. The fourth-order valence-electron chi connectivity index (χ4n) is 3.86.